The van der Waals surface area contributed by atoms with E-state index in [9.17, 15) is 13.2 Å². The third-order valence-electron chi connectivity index (χ3n) is 5.40. The third-order valence-corrected chi connectivity index (χ3v) is 6.89. The van der Waals surface area contributed by atoms with Crippen molar-refractivity contribution in [3.8, 4) is 0 Å². The van der Waals surface area contributed by atoms with Crippen LogP contribution < -0.4 is 10.0 Å². The molecule has 0 spiro atoms. The van der Waals surface area contributed by atoms with Crippen molar-refractivity contribution in [2.45, 2.75) is 45.7 Å². The molecule has 3 rings (SSSR count). The van der Waals surface area contributed by atoms with Crippen molar-refractivity contribution in [3.63, 3.8) is 0 Å². The van der Waals surface area contributed by atoms with E-state index in [0.717, 1.165) is 35.9 Å². The topological polar surface area (TPSA) is 100 Å². The first-order valence-corrected chi connectivity index (χ1v) is 11.4. The lowest BCUT2D eigenvalue weighted by atomic mass is 9.90. The van der Waals surface area contributed by atoms with Crippen molar-refractivity contribution in [1.82, 2.24) is 15.0 Å². The Morgan fingerprint density at radius 1 is 1.39 bits per heavy atom. The Balaban J connectivity index is 1.58. The normalized spacial score (nSPS) is 21.5. The van der Waals surface area contributed by atoms with Crippen LogP contribution >= 0.6 is 0 Å². The fourth-order valence-corrected chi connectivity index (χ4v) is 4.59. The van der Waals surface area contributed by atoms with Gasteiger partial charge in [0.25, 0.3) is 0 Å². The van der Waals surface area contributed by atoms with Gasteiger partial charge in [0, 0.05) is 29.2 Å². The van der Waals surface area contributed by atoms with Crippen LogP contribution in [0.5, 0.6) is 0 Å². The average molecular weight is 408 g/mol. The number of carbonyl (C=O) groups excluding carboxylic acids is 1. The Morgan fingerprint density at radius 2 is 2.18 bits per heavy atom. The number of aromatic amines is 1. The van der Waals surface area contributed by atoms with Crippen molar-refractivity contribution in [2.24, 2.45) is 5.92 Å². The first-order valence-electron chi connectivity index (χ1n) is 9.77. The molecule has 7 nitrogen and oxygen atoms in total. The molecule has 3 unspecified atom stereocenters. The van der Waals surface area contributed by atoms with Gasteiger partial charge in [-0.25, -0.2) is 17.9 Å². The Morgan fingerprint density at radius 3 is 2.93 bits per heavy atom. The zero-order chi connectivity index (χ0) is 20.3. The summed E-state index contributed by atoms with van der Waals surface area (Å²) in [5.41, 5.74) is 2.55. The summed E-state index contributed by atoms with van der Waals surface area (Å²) in [6, 6.07) is 5.74. The van der Waals surface area contributed by atoms with E-state index in [1.165, 1.54) is 0 Å². The van der Waals surface area contributed by atoms with Crippen LogP contribution in [0.1, 0.15) is 42.6 Å². The van der Waals surface area contributed by atoms with E-state index in [1.54, 1.807) is 13.1 Å². The van der Waals surface area contributed by atoms with Crippen LogP contribution in [0, 0.1) is 12.8 Å². The largest absolute Gasteiger partial charge is 0.462 e. The number of H-pyrrole nitrogens is 1. The molecule has 3 atom stereocenters. The quantitative estimate of drug-likeness (QED) is 0.612. The number of sulfonamides is 1. The predicted octanol–water partition coefficient (Wildman–Crippen LogP) is 2.33. The summed E-state index contributed by atoms with van der Waals surface area (Å²) in [6.45, 7) is 6.59. The third kappa shape index (κ3) is 4.92. The molecule has 2 aromatic rings. The SMILES string of the molecule is CCS(=O)(=O)NC(C)C1CC(COC(=O)c2c[nH]c3ccc(C)cc23)CCN1. The maximum absolute atomic E-state index is 12.6. The van der Waals surface area contributed by atoms with E-state index >= 15 is 0 Å². The van der Waals surface area contributed by atoms with Crippen molar-refractivity contribution < 1.29 is 17.9 Å². The van der Waals surface area contributed by atoms with Crippen molar-refractivity contribution in [3.05, 3.63) is 35.5 Å². The van der Waals surface area contributed by atoms with Gasteiger partial charge in [-0.15, -0.1) is 0 Å². The number of rotatable bonds is 7. The monoisotopic (exact) mass is 407 g/mol. The molecule has 0 aliphatic carbocycles. The first-order chi connectivity index (χ1) is 13.3. The lowest BCUT2D eigenvalue weighted by Crippen LogP contribution is -2.52. The maximum atomic E-state index is 12.6. The summed E-state index contributed by atoms with van der Waals surface area (Å²) in [5.74, 6) is -0.0581. The fourth-order valence-electron chi connectivity index (χ4n) is 3.69. The van der Waals surface area contributed by atoms with Crippen LogP contribution in [0.25, 0.3) is 10.9 Å². The minimum Gasteiger partial charge on any atom is -0.462 e. The minimum absolute atomic E-state index is 0.0227. The van der Waals surface area contributed by atoms with Crippen LogP contribution in [0.2, 0.25) is 0 Å². The molecule has 28 heavy (non-hydrogen) atoms. The zero-order valence-corrected chi connectivity index (χ0v) is 17.4. The molecule has 1 aromatic heterocycles. The number of carbonyl (C=O) groups is 1. The highest BCUT2D eigenvalue weighted by atomic mass is 32.2. The van der Waals surface area contributed by atoms with Gasteiger partial charge in [-0.3, -0.25) is 0 Å². The highest BCUT2D eigenvalue weighted by molar-refractivity contribution is 7.89. The minimum atomic E-state index is -3.24. The van der Waals surface area contributed by atoms with E-state index in [1.807, 2.05) is 32.0 Å². The van der Waals surface area contributed by atoms with Crippen LogP contribution in [-0.4, -0.2) is 50.4 Å². The maximum Gasteiger partial charge on any atom is 0.340 e. The second-order valence-electron chi connectivity index (χ2n) is 7.61. The molecule has 1 saturated heterocycles. The highest BCUT2D eigenvalue weighted by Gasteiger charge is 2.28. The molecule has 3 N–H and O–H groups in total. The Kier molecular flexibility index (Phi) is 6.42. The standard InChI is InChI=1S/C20H29N3O4S/c1-4-28(25,26)23-14(3)19-10-15(7-8-21-19)12-27-20(24)17-11-22-18-6-5-13(2)9-16(17)18/h5-6,9,11,14-15,19,21-23H,4,7-8,10,12H2,1-3H3. The van der Waals surface area contributed by atoms with Crippen LogP contribution in [0.15, 0.2) is 24.4 Å². The number of hydrogen-bond acceptors (Lipinski definition) is 5. The Hall–Kier alpha value is -1.90. The second kappa shape index (κ2) is 8.63. The smallest absolute Gasteiger partial charge is 0.340 e. The number of nitrogens with one attached hydrogen (secondary N) is 3. The number of aromatic nitrogens is 1. The summed E-state index contributed by atoms with van der Waals surface area (Å²) in [5, 5.41) is 4.24. The van der Waals surface area contributed by atoms with Gasteiger partial charge in [-0.1, -0.05) is 11.6 Å². The molecule has 2 heterocycles. The van der Waals surface area contributed by atoms with Gasteiger partial charge >= 0.3 is 5.97 Å². The van der Waals surface area contributed by atoms with Gasteiger partial charge < -0.3 is 15.0 Å². The molecule has 0 radical (unpaired) electrons. The van der Waals surface area contributed by atoms with E-state index < -0.39 is 10.0 Å². The Labute approximate surface area is 166 Å². The summed E-state index contributed by atoms with van der Waals surface area (Å²) in [4.78, 5) is 15.7. The average Bonchev–Trinajstić information content (AvgIpc) is 3.09. The molecule has 0 bridgehead atoms. The number of hydrogen-bond donors (Lipinski definition) is 3. The summed E-state index contributed by atoms with van der Waals surface area (Å²) in [7, 11) is -3.24. The summed E-state index contributed by atoms with van der Waals surface area (Å²) >= 11 is 0. The summed E-state index contributed by atoms with van der Waals surface area (Å²) in [6.07, 6.45) is 3.34. The molecule has 1 aromatic carbocycles. The van der Waals surface area contributed by atoms with Crippen LogP contribution in [-0.2, 0) is 14.8 Å². The number of aryl methyl sites for hydroxylation is 1. The van der Waals surface area contributed by atoms with E-state index in [2.05, 4.69) is 15.0 Å². The van der Waals surface area contributed by atoms with Crippen LogP contribution in [0.4, 0.5) is 0 Å². The first kappa shape index (κ1) is 20.8. The predicted molar refractivity (Wildman–Crippen MR) is 110 cm³/mol. The van der Waals surface area contributed by atoms with E-state index in [-0.39, 0.29) is 29.7 Å². The molecule has 154 valence electrons. The number of esters is 1. The van der Waals surface area contributed by atoms with Gasteiger partial charge in [0.05, 0.1) is 17.9 Å². The molecular weight excluding hydrogens is 378 g/mol. The van der Waals surface area contributed by atoms with Gasteiger partial charge in [0.15, 0.2) is 0 Å². The zero-order valence-electron chi connectivity index (χ0n) is 16.6. The van der Waals surface area contributed by atoms with Crippen molar-refractivity contribution in [2.75, 3.05) is 18.9 Å². The Bertz CT molecular complexity index is 938. The van der Waals surface area contributed by atoms with E-state index in [0.29, 0.717) is 12.2 Å². The van der Waals surface area contributed by atoms with Crippen molar-refractivity contribution in [1.29, 1.82) is 0 Å². The summed E-state index contributed by atoms with van der Waals surface area (Å²) < 4.78 is 31.9. The lowest BCUT2D eigenvalue weighted by molar-refractivity contribution is 0.0398. The van der Waals surface area contributed by atoms with Crippen molar-refractivity contribution >= 4 is 26.9 Å². The lowest BCUT2D eigenvalue weighted by Gasteiger charge is -2.34. The molecule has 1 fully saturated rings. The van der Waals surface area contributed by atoms with Gasteiger partial charge in [-0.05, 0) is 58.2 Å². The van der Waals surface area contributed by atoms with Crippen LogP contribution in [0.3, 0.4) is 0 Å². The number of ether oxygens (including phenoxy) is 1. The van der Waals surface area contributed by atoms with Gasteiger partial charge in [0.1, 0.15) is 0 Å². The number of fused-ring (bicyclic) bond motifs is 1. The van der Waals surface area contributed by atoms with Gasteiger partial charge in [-0.2, -0.15) is 0 Å². The number of piperidine rings is 1. The highest BCUT2D eigenvalue weighted by Crippen LogP contribution is 2.23. The van der Waals surface area contributed by atoms with Gasteiger partial charge in [0.2, 0.25) is 10.0 Å². The molecule has 1 aliphatic rings. The molecule has 0 amide bonds. The molecule has 0 saturated carbocycles. The fraction of sp³-hybridized carbons (Fsp3) is 0.550. The molecular formula is C20H29N3O4S. The molecule has 8 heteroatoms. The second-order valence-corrected chi connectivity index (χ2v) is 9.65. The number of benzene rings is 1. The molecule has 1 aliphatic heterocycles. The van der Waals surface area contributed by atoms with E-state index in [4.69, 9.17) is 4.74 Å².